The summed E-state index contributed by atoms with van der Waals surface area (Å²) in [5, 5.41) is 16.6. The molecule has 2 bridgehead atoms. The SMILES string of the molecule is CCOc1ccc(NC(=O)[C@H]2[C@H]3C(=O)N([C@@H](CO)C(C)C)C(C(=O)Nc4ccccc4Cl)C34CC[C@]2(CC)O4)cc1. The quantitative estimate of drug-likeness (QED) is 0.379. The molecule has 41 heavy (non-hydrogen) atoms. The summed E-state index contributed by atoms with van der Waals surface area (Å²) in [5.74, 6) is -2.28. The van der Waals surface area contributed by atoms with Crippen molar-refractivity contribution in [2.75, 3.05) is 23.8 Å². The molecule has 3 aliphatic heterocycles. The highest BCUT2D eigenvalue weighted by Crippen LogP contribution is 2.64. The van der Waals surface area contributed by atoms with Gasteiger partial charge in [0.05, 0.1) is 47.4 Å². The van der Waals surface area contributed by atoms with Crippen LogP contribution in [0.3, 0.4) is 0 Å². The van der Waals surface area contributed by atoms with Gasteiger partial charge in [-0.2, -0.15) is 0 Å². The number of hydrogen-bond donors (Lipinski definition) is 3. The third-order valence-corrected chi connectivity index (χ3v) is 9.36. The Morgan fingerprint density at radius 2 is 1.80 bits per heavy atom. The van der Waals surface area contributed by atoms with E-state index in [-0.39, 0.29) is 24.3 Å². The molecule has 220 valence electrons. The van der Waals surface area contributed by atoms with Crippen molar-refractivity contribution in [2.45, 2.75) is 70.2 Å². The van der Waals surface area contributed by atoms with Gasteiger partial charge in [0, 0.05) is 5.69 Å². The molecule has 1 spiro atoms. The molecule has 5 rings (SSSR count). The van der Waals surface area contributed by atoms with E-state index in [2.05, 4.69) is 10.6 Å². The second-order valence-electron chi connectivity index (χ2n) is 11.5. The average Bonchev–Trinajstić information content (AvgIpc) is 3.55. The zero-order valence-corrected chi connectivity index (χ0v) is 24.6. The molecule has 3 heterocycles. The van der Waals surface area contributed by atoms with Crippen molar-refractivity contribution >= 4 is 40.7 Å². The summed E-state index contributed by atoms with van der Waals surface area (Å²) in [7, 11) is 0. The number of nitrogens with zero attached hydrogens (tertiary/aromatic N) is 1. The van der Waals surface area contributed by atoms with Gasteiger partial charge in [0.2, 0.25) is 17.7 Å². The van der Waals surface area contributed by atoms with Crippen molar-refractivity contribution in [2.24, 2.45) is 17.8 Å². The minimum atomic E-state index is -1.22. The molecule has 9 nitrogen and oxygen atoms in total. The number of hydrogen-bond acceptors (Lipinski definition) is 6. The molecule has 2 unspecified atom stereocenters. The first-order chi connectivity index (χ1) is 19.6. The Morgan fingerprint density at radius 1 is 1.10 bits per heavy atom. The predicted octanol–water partition coefficient (Wildman–Crippen LogP) is 4.49. The van der Waals surface area contributed by atoms with E-state index in [1.54, 1.807) is 48.5 Å². The number of nitrogens with one attached hydrogen (secondary N) is 2. The number of benzene rings is 2. The maximum atomic E-state index is 14.4. The van der Waals surface area contributed by atoms with Gasteiger partial charge < -0.3 is 30.1 Å². The van der Waals surface area contributed by atoms with Gasteiger partial charge >= 0.3 is 0 Å². The second-order valence-corrected chi connectivity index (χ2v) is 11.9. The summed E-state index contributed by atoms with van der Waals surface area (Å²) >= 11 is 6.35. The maximum absolute atomic E-state index is 14.4. The first-order valence-corrected chi connectivity index (χ1v) is 14.7. The van der Waals surface area contributed by atoms with E-state index >= 15 is 0 Å². The van der Waals surface area contributed by atoms with Crippen LogP contribution in [0.5, 0.6) is 5.75 Å². The zero-order valence-electron chi connectivity index (χ0n) is 23.9. The first kappa shape index (κ1) is 29.4. The van der Waals surface area contributed by atoms with Gasteiger partial charge in [-0.25, -0.2) is 0 Å². The van der Waals surface area contributed by atoms with Gasteiger partial charge in [0.25, 0.3) is 0 Å². The van der Waals surface area contributed by atoms with Crippen LogP contribution in [0.15, 0.2) is 48.5 Å². The monoisotopic (exact) mass is 583 g/mol. The molecule has 3 aliphatic rings. The molecule has 3 fully saturated rings. The Morgan fingerprint density at radius 3 is 2.41 bits per heavy atom. The summed E-state index contributed by atoms with van der Waals surface area (Å²) in [6.07, 6.45) is 1.48. The smallest absolute Gasteiger partial charge is 0.250 e. The number of aliphatic hydroxyl groups is 1. The third-order valence-electron chi connectivity index (χ3n) is 9.03. The molecule has 6 atom stereocenters. The van der Waals surface area contributed by atoms with Crippen LogP contribution in [0.4, 0.5) is 11.4 Å². The van der Waals surface area contributed by atoms with E-state index in [1.165, 1.54) is 4.90 Å². The van der Waals surface area contributed by atoms with Crippen molar-refractivity contribution in [3.63, 3.8) is 0 Å². The van der Waals surface area contributed by atoms with Crippen LogP contribution in [-0.2, 0) is 19.1 Å². The molecule has 10 heteroatoms. The molecule has 0 aromatic heterocycles. The third kappa shape index (κ3) is 4.77. The minimum absolute atomic E-state index is 0.150. The summed E-state index contributed by atoms with van der Waals surface area (Å²) < 4.78 is 12.3. The van der Waals surface area contributed by atoms with Crippen molar-refractivity contribution in [1.82, 2.24) is 4.90 Å². The van der Waals surface area contributed by atoms with E-state index < -0.39 is 41.0 Å². The first-order valence-electron chi connectivity index (χ1n) is 14.3. The Labute approximate surface area is 245 Å². The fourth-order valence-corrected chi connectivity index (χ4v) is 7.30. The van der Waals surface area contributed by atoms with E-state index in [0.29, 0.717) is 48.0 Å². The predicted molar refractivity (Wildman–Crippen MR) is 156 cm³/mol. The number of para-hydroxylation sites is 1. The van der Waals surface area contributed by atoms with Gasteiger partial charge in [-0.3, -0.25) is 14.4 Å². The second kappa shape index (κ2) is 11.3. The summed E-state index contributed by atoms with van der Waals surface area (Å²) in [6.45, 7) is 7.83. The normalized spacial score (nSPS) is 29.0. The zero-order chi connectivity index (χ0) is 29.5. The number of rotatable bonds is 10. The number of amides is 3. The molecule has 0 radical (unpaired) electrons. The van der Waals surface area contributed by atoms with Crippen molar-refractivity contribution in [3.8, 4) is 5.75 Å². The molecule has 2 aromatic rings. The van der Waals surface area contributed by atoms with Crippen LogP contribution >= 0.6 is 11.6 Å². The number of carbonyl (C=O) groups is 3. The molecule has 3 amide bonds. The van der Waals surface area contributed by atoms with E-state index in [4.69, 9.17) is 21.1 Å². The molecule has 3 saturated heterocycles. The van der Waals surface area contributed by atoms with E-state index in [9.17, 15) is 19.5 Å². The topological polar surface area (TPSA) is 117 Å². The van der Waals surface area contributed by atoms with Gasteiger partial charge in [0.1, 0.15) is 17.4 Å². The van der Waals surface area contributed by atoms with Gasteiger partial charge in [0.15, 0.2) is 0 Å². The van der Waals surface area contributed by atoms with Gasteiger partial charge in [-0.05, 0) is 68.5 Å². The number of aliphatic hydroxyl groups excluding tert-OH is 1. The Hall–Kier alpha value is -3.14. The fourth-order valence-electron chi connectivity index (χ4n) is 7.12. The van der Waals surface area contributed by atoms with Crippen LogP contribution < -0.4 is 15.4 Å². The van der Waals surface area contributed by atoms with Crippen LogP contribution in [0, 0.1) is 17.8 Å². The highest BCUT2D eigenvalue weighted by molar-refractivity contribution is 6.33. The largest absolute Gasteiger partial charge is 0.494 e. The van der Waals surface area contributed by atoms with Crippen LogP contribution in [0.25, 0.3) is 0 Å². The molecule has 3 N–H and O–H groups in total. The Balaban J connectivity index is 1.53. The lowest BCUT2D eigenvalue weighted by atomic mass is 9.65. The molecular formula is C31H38ClN3O6. The lowest BCUT2D eigenvalue weighted by Gasteiger charge is -2.38. The highest BCUT2D eigenvalue weighted by atomic mass is 35.5. The van der Waals surface area contributed by atoms with Crippen molar-refractivity contribution in [3.05, 3.63) is 53.6 Å². The molecular weight excluding hydrogens is 546 g/mol. The van der Waals surface area contributed by atoms with Crippen molar-refractivity contribution < 1.29 is 29.0 Å². The highest BCUT2D eigenvalue weighted by Gasteiger charge is 2.79. The lowest BCUT2D eigenvalue weighted by molar-refractivity contribution is -0.149. The number of likely N-dealkylation sites (tertiary alicyclic amines) is 1. The van der Waals surface area contributed by atoms with Gasteiger partial charge in [-0.15, -0.1) is 0 Å². The maximum Gasteiger partial charge on any atom is 0.250 e. The van der Waals surface area contributed by atoms with Gasteiger partial charge in [-0.1, -0.05) is 44.5 Å². The number of halogens is 1. The number of ether oxygens (including phenoxy) is 2. The fraction of sp³-hybridized carbons (Fsp3) is 0.516. The lowest BCUT2D eigenvalue weighted by Crippen LogP contribution is -2.57. The number of anilines is 2. The Kier molecular flexibility index (Phi) is 8.07. The average molecular weight is 584 g/mol. The van der Waals surface area contributed by atoms with E-state index in [1.807, 2.05) is 27.7 Å². The summed E-state index contributed by atoms with van der Waals surface area (Å²) in [4.78, 5) is 44.0. The summed E-state index contributed by atoms with van der Waals surface area (Å²) in [6, 6.07) is 12.3. The molecule has 0 aliphatic carbocycles. The Bertz CT molecular complexity index is 1320. The van der Waals surface area contributed by atoms with Crippen LogP contribution in [0.1, 0.15) is 47.0 Å². The molecule has 2 aromatic carbocycles. The summed E-state index contributed by atoms with van der Waals surface area (Å²) in [5.41, 5.74) is -1.12. The molecule has 0 saturated carbocycles. The van der Waals surface area contributed by atoms with Crippen LogP contribution in [-0.4, -0.2) is 64.2 Å². The van der Waals surface area contributed by atoms with Crippen LogP contribution in [0.2, 0.25) is 5.02 Å². The van der Waals surface area contributed by atoms with E-state index in [0.717, 1.165) is 0 Å². The standard InChI is InChI=1S/C31H38ClN3O6/c1-5-30-15-16-31(41-30)25(24(30)27(37)33-19-11-13-20(14-12-19)40-6-2)29(39)35(23(17-36)18(3)4)26(31)28(38)34-22-10-8-7-9-21(22)32/h7-14,18,23-26,36H,5-6,15-17H2,1-4H3,(H,33,37)(H,34,38)/t23-,24+,25-,26?,30-,31?/m0/s1. The minimum Gasteiger partial charge on any atom is -0.494 e. The van der Waals surface area contributed by atoms with Crippen molar-refractivity contribution in [1.29, 1.82) is 0 Å². The number of carbonyl (C=O) groups excluding carboxylic acids is 3. The number of fused-ring (bicyclic) bond motifs is 1.